The SMILES string of the molecule is COCCNCC(=O)N(CCc1ccccc1)C1CCCC1.Cl. The zero-order valence-corrected chi connectivity index (χ0v) is 14.8. The molecule has 0 spiro atoms. The molecule has 130 valence electrons. The van der Waals surface area contributed by atoms with Crippen LogP contribution >= 0.6 is 12.4 Å². The molecule has 1 aromatic carbocycles. The van der Waals surface area contributed by atoms with Gasteiger partial charge in [0.2, 0.25) is 5.91 Å². The van der Waals surface area contributed by atoms with E-state index >= 15 is 0 Å². The van der Waals surface area contributed by atoms with Crippen LogP contribution in [0, 0.1) is 0 Å². The summed E-state index contributed by atoms with van der Waals surface area (Å²) in [4.78, 5) is 14.6. The maximum atomic E-state index is 12.5. The van der Waals surface area contributed by atoms with Gasteiger partial charge >= 0.3 is 0 Å². The Morgan fingerprint density at radius 3 is 2.61 bits per heavy atom. The molecule has 0 atom stereocenters. The van der Waals surface area contributed by atoms with Crippen LogP contribution in [0.25, 0.3) is 0 Å². The summed E-state index contributed by atoms with van der Waals surface area (Å²) in [6.45, 7) is 2.59. The molecule has 1 aliphatic carbocycles. The number of carbonyl (C=O) groups is 1. The first-order valence-corrected chi connectivity index (χ1v) is 8.34. The number of nitrogens with one attached hydrogen (secondary N) is 1. The van der Waals surface area contributed by atoms with Crippen LogP contribution in [0.15, 0.2) is 30.3 Å². The number of amides is 1. The molecular weight excluding hydrogens is 312 g/mol. The van der Waals surface area contributed by atoms with Gasteiger partial charge in [0.25, 0.3) is 0 Å². The molecule has 5 heteroatoms. The molecule has 0 unspecified atom stereocenters. The van der Waals surface area contributed by atoms with E-state index in [4.69, 9.17) is 4.74 Å². The molecule has 0 aliphatic heterocycles. The number of rotatable bonds is 9. The normalized spacial score (nSPS) is 14.5. The van der Waals surface area contributed by atoms with Crippen molar-refractivity contribution >= 4 is 18.3 Å². The van der Waals surface area contributed by atoms with Crippen LogP contribution in [0.4, 0.5) is 0 Å². The van der Waals surface area contributed by atoms with E-state index in [0.29, 0.717) is 19.2 Å². The maximum absolute atomic E-state index is 12.5. The summed E-state index contributed by atoms with van der Waals surface area (Å²) in [5, 5.41) is 3.17. The van der Waals surface area contributed by atoms with Crippen molar-refractivity contribution in [2.75, 3.05) is 33.4 Å². The quantitative estimate of drug-likeness (QED) is 0.703. The summed E-state index contributed by atoms with van der Waals surface area (Å²) in [7, 11) is 1.67. The molecule has 1 amide bonds. The molecule has 1 saturated carbocycles. The fraction of sp³-hybridized carbons (Fsp3) is 0.611. The third kappa shape index (κ3) is 6.90. The lowest BCUT2D eigenvalue weighted by Crippen LogP contribution is -2.45. The summed E-state index contributed by atoms with van der Waals surface area (Å²) in [6.07, 6.45) is 5.73. The maximum Gasteiger partial charge on any atom is 0.236 e. The van der Waals surface area contributed by atoms with Crippen molar-refractivity contribution in [2.45, 2.75) is 38.1 Å². The predicted molar refractivity (Wildman–Crippen MR) is 96.1 cm³/mol. The van der Waals surface area contributed by atoms with E-state index in [1.54, 1.807) is 7.11 Å². The summed E-state index contributed by atoms with van der Waals surface area (Å²) in [5.74, 6) is 0.221. The minimum Gasteiger partial charge on any atom is -0.383 e. The van der Waals surface area contributed by atoms with Gasteiger partial charge in [0.1, 0.15) is 0 Å². The number of carbonyl (C=O) groups excluding carboxylic acids is 1. The Kier molecular flexibility index (Phi) is 9.92. The Balaban J connectivity index is 0.00000264. The van der Waals surface area contributed by atoms with Gasteiger partial charge in [-0.1, -0.05) is 43.2 Å². The highest BCUT2D eigenvalue weighted by atomic mass is 35.5. The van der Waals surface area contributed by atoms with Crippen molar-refractivity contribution in [2.24, 2.45) is 0 Å². The topological polar surface area (TPSA) is 41.6 Å². The number of nitrogens with zero attached hydrogens (tertiary/aromatic N) is 1. The van der Waals surface area contributed by atoms with Crippen molar-refractivity contribution in [1.29, 1.82) is 0 Å². The number of hydrogen-bond donors (Lipinski definition) is 1. The van der Waals surface area contributed by atoms with Crippen LogP contribution in [-0.4, -0.2) is 50.2 Å². The number of ether oxygens (including phenoxy) is 1. The largest absolute Gasteiger partial charge is 0.383 e. The molecule has 1 aliphatic rings. The molecule has 4 nitrogen and oxygen atoms in total. The third-order valence-electron chi connectivity index (χ3n) is 4.33. The van der Waals surface area contributed by atoms with Gasteiger partial charge in [-0.2, -0.15) is 0 Å². The zero-order chi connectivity index (χ0) is 15.6. The number of hydrogen-bond acceptors (Lipinski definition) is 3. The monoisotopic (exact) mass is 340 g/mol. The molecular formula is C18H29ClN2O2. The number of benzene rings is 1. The highest BCUT2D eigenvalue weighted by molar-refractivity contribution is 5.85. The molecule has 1 aromatic rings. The lowest BCUT2D eigenvalue weighted by Gasteiger charge is -2.29. The second kappa shape index (κ2) is 11.4. The van der Waals surface area contributed by atoms with Crippen LogP contribution in [0.3, 0.4) is 0 Å². The molecule has 0 bridgehead atoms. The molecule has 1 N–H and O–H groups in total. The third-order valence-corrected chi connectivity index (χ3v) is 4.33. The van der Waals surface area contributed by atoms with E-state index in [2.05, 4.69) is 34.5 Å². The van der Waals surface area contributed by atoms with E-state index in [9.17, 15) is 4.79 Å². The van der Waals surface area contributed by atoms with E-state index in [-0.39, 0.29) is 18.3 Å². The average Bonchev–Trinajstić information content (AvgIpc) is 3.07. The lowest BCUT2D eigenvalue weighted by molar-refractivity contribution is -0.132. The van der Waals surface area contributed by atoms with E-state index in [0.717, 1.165) is 32.4 Å². The first-order valence-electron chi connectivity index (χ1n) is 8.34. The standard InChI is InChI=1S/C18H28N2O2.ClH/c1-22-14-12-19-15-18(21)20(17-9-5-6-10-17)13-11-16-7-3-2-4-8-16;/h2-4,7-8,17,19H,5-6,9-15H2,1H3;1H. The number of methoxy groups -OCH3 is 1. The van der Waals surface area contributed by atoms with Crippen LogP contribution < -0.4 is 5.32 Å². The van der Waals surface area contributed by atoms with Gasteiger partial charge in [0.15, 0.2) is 0 Å². The summed E-state index contributed by atoms with van der Waals surface area (Å²) in [6, 6.07) is 10.8. The van der Waals surface area contributed by atoms with Gasteiger partial charge in [0, 0.05) is 26.2 Å². The highest BCUT2D eigenvalue weighted by Gasteiger charge is 2.25. The molecule has 23 heavy (non-hydrogen) atoms. The predicted octanol–water partition coefficient (Wildman–Crippen LogP) is 2.66. The molecule has 0 heterocycles. The molecule has 0 aromatic heterocycles. The van der Waals surface area contributed by atoms with Gasteiger partial charge in [-0.25, -0.2) is 0 Å². The van der Waals surface area contributed by atoms with Crippen LogP contribution in [-0.2, 0) is 16.0 Å². The minimum atomic E-state index is 0. The van der Waals surface area contributed by atoms with Gasteiger partial charge in [0.05, 0.1) is 13.2 Å². The van der Waals surface area contributed by atoms with Gasteiger partial charge in [-0.05, 0) is 24.8 Å². The Morgan fingerprint density at radius 1 is 1.26 bits per heavy atom. The summed E-state index contributed by atoms with van der Waals surface area (Å²) >= 11 is 0. The van der Waals surface area contributed by atoms with E-state index in [1.165, 1.54) is 18.4 Å². The highest BCUT2D eigenvalue weighted by Crippen LogP contribution is 2.23. The smallest absolute Gasteiger partial charge is 0.236 e. The second-order valence-corrected chi connectivity index (χ2v) is 5.93. The Bertz CT molecular complexity index is 436. The summed E-state index contributed by atoms with van der Waals surface area (Å²) < 4.78 is 5.00. The Hall–Kier alpha value is -1.10. The van der Waals surface area contributed by atoms with Crippen molar-refractivity contribution < 1.29 is 9.53 Å². The fourth-order valence-electron chi connectivity index (χ4n) is 3.09. The van der Waals surface area contributed by atoms with Gasteiger partial charge < -0.3 is 15.0 Å². The lowest BCUT2D eigenvalue weighted by atomic mass is 10.1. The molecule has 0 radical (unpaired) electrons. The van der Waals surface area contributed by atoms with Crippen LogP contribution in [0.2, 0.25) is 0 Å². The van der Waals surface area contributed by atoms with Crippen molar-refractivity contribution in [3.05, 3.63) is 35.9 Å². The van der Waals surface area contributed by atoms with Crippen molar-refractivity contribution in [1.82, 2.24) is 10.2 Å². The number of halogens is 1. The second-order valence-electron chi connectivity index (χ2n) is 5.93. The Morgan fingerprint density at radius 2 is 1.96 bits per heavy atom. The molecule has 2 rings (SSSR count). The van der Waals surface area contributed by atoms with E-state index in [1.807, 2.05) is 6.07 Å². The molecule has 1 fully saturated rings. The van der Waals surface area contributed by atoms with Gasteiger partial charge in [-0.15, -0.1) is 12.4 Å². The summed E-state index contributed by atoms with van der Waals surface area (Å²) in [5.41, 5.74) is 1.30. The van der Waals surface area contributed by atoms with Crippen molar-refractivity contribution in [3.8, 4) is 0 Å². The Labute approximate surface area is 146 Å². The zero-order valence-electron chi connectivity index (χ0n) is 14.0. The van der Waals surface area contributed by atoms with Crippen LogP contribution in [0.1, 0.15) is 31.2 Å². The first kappa shape index (κ1) is 19.9. The fourth-order valence-corrected chi connectivity index (χ4v) is 3.09. The molecule has 0 saturated heterocycles. The average molecular weight is 341 g/mol. The first-order chi connectivity index (χ1) is 10.8. The minimum absolute atomic E-state index is 0. The van der Waals surface area contributed by atoms with E-state index < -0.39 is 0 Å². The van der Waals surface area contributed by atoms with Gasteiger partial charge in [-0.3, -0.25) is 4.79 Å². The van der Waals surface area contributed by atoms with Crippen molar-refractivity contribution in [3.63, 3.8) is 0 Å². The van der Waals surface area contributed by atoms with Crippen LogP contribution in [0.5, 0.6) is 0 Å².